The maximum Gasteiger partial charge on any atom is 0.0543 e. The molecule has 0 aliphatic heterocycles. The van der Waals surface area contributed by atoms with Crippen LogP contribution in [0.5, 0.6) is 0 Å². The zero-order valence-corrected chi connectivity index (χ0v) is 56.1. The molecule has 0 bridgehead atoms. The van der Waals surface area contributed by atoms with Crippen molar-refractivity contribution in [2.45, 2.75) is 75.7 Å². The first-order valence-corrected chi connectivity index (χ1v) is 33.5. The number of aryl methyl sites for hydroxylation is 10. The van der Waals surface area contributed by atoms with Crippen LogP contribution in [-0.2, 0) is 6.42 Å². The van der Waals surface area contributed by atoms with Crippen molar-refractivity contribution in [1.29, 1.82) is 0 Å². The van der Waals surface area contributed by atoms with Crippen LogP contribution >= 0.6 is 0 Å². The Kier molecular flexibility index (Phi) is 15.6. The molecule has 0 heterocycles. The summed E-state index contributed by atoms with van der Waals surface area (Å²) in [6.45, 7) is 22.3. The Hall–Kier alpha value is -11.2. The van der Waals surface area contributed by atoms with E-state index in [4.69, 9.17) is 0 Å². The third-order valence-corrected chi connectivity index (χ3v) is 19.9. The molecule has 4 nitrogen and oxygen atoms in total. The Morgan fingerprint density at radius 2 is 0.516 bits per heavy atom. The zero-order valence-electron chi connectivity index (χ0n) is 56.1. The van der Waals surface area contributed by atoms with E-state index in [9.17, 15) is 0 Å². The van der Waals surface area contributed by atoms with Crippen LogP contribution in [-0.4, -0.2) is 0 Å². The molecule has 0 saturated heterocycles. The Labute approximate surface area is 559 Å². The minimum atomic E-state index is 0.946. The summed E-state index contributed by atoms with van der Waals surface area (Å²) in [4.78, 5) is 9.88. The number of rotatable bonds is 13. The van der Waals surface area contributed by atoms with Crippen molar-refractivity contribution in [3.63, 3.8) is 0 Å². The van der Waals surface area contributed by atoms with Crippen LogP contribution in [0, 0.1) is 62.3 Å². The average Bonchev–Trinajstić information content (AvgIpc) is 0.722. The number of anilines is 12. The van der Waals surface area contributed by atoms with Crippen molar-refractivity contribution >= 4 is 133 Å². The molecule has 0 amide bonds. The van der Waals surface area contributed by atoms with Crippen molar-refractivity contribution < 1.29 is 0 Å². The summed E-state index contributed by atoms with van der Waals surface area (Å²) in [7, 11) is 0. The van der Waals surface area contributed by atoms with E-state index in [2.05, 4.69) is 368 Å². The van der Waals surface area contributed by atoms with Gasteiger partial charge in [-0.25, -0.2) is 0 Å². The van der Waals surface area contributed by atoms with Gasteiger partial charge in [0.1, 0.15) is 0 Å². The van der Waals surface area contributed by atoms with E-state index in [0.29, 0.717) is 0 Å². The molecule has 0 atom stereocenters. The van der Waals surface area contributed by atoms with E-state index < -0.39 is 0 Å². The second-order valence-electron chi connectivity index (χ2n) is 25.9. The van der Waals surface area contributed by atoms with Crippen molar-refractivity contribution in [2.75, 3.05) is 19.6 Å². The van der Waals surface area contributed by atoms with Crippen molar-refractivity contribution in [3.8, 4) is 0 Å². The minimum Gasteiger partial charge on any atom is -0.309 e. The molecule has 16 rings (SSSR count). The van der Waals surface area contributed by atoms with Crippen LogP contribution in [0.1, 0.15) is 62.6 Å². The first-order chi connectivity index (χ1) is 46.4. The van der Waals surface area contributed by atoms with Gasteiger partial charge in [0, 0.05) is 55.7 Å². The van der Waals surface area contributed by atoms with Crippen LogP contribution in [0.15, 0.2) is 279 Å². The molecule has 0 fully saturated rings. The van der Waals surface area contributed by atoms with E-state index in [1.165, 1.54) is 177 Å². The van der Waals surface area contributed by atoms with Gasteiger partial charge in [0.15, 0.2) is 0 Å². The molecular weight excluding hydrogens is 1150 g/mol. The number of nitrogens with zero attached hydrogens (tertiary/aromatic N) is 4. The molecule has 4 heteroatoms. The first kappa shape index (κ1) is 60.1. The van der Waals surface area contributed by atoms with Gasteiger partial charge in [-0.2, -0.15) is 0 Å². The van der Waals surface area contributed by atoms with Crippen LogP contribution in [0.3, 0.4) is 0 Å². The SMILES string of the molecule is CCc1cc(N(c2ccccc2)c2c(C)cccc2C)c2ccc3ccc(N(c4ccccc4)c4c(C)cccc4C)c4ccc1c2c34.Cc1ccccc1N(c1ccccc1C)c1ccc2ccc3c(N(c4ccccc4C)c4ccccc4C)cc(C)c4ccc1c2c43. The molecular formula is C91H78N4. The topological polar surface area (TPSA) is 13.0 Å². The van der Waals surface area contributed by atoms with E-state index in [1.54, 1.807) is 0 Å². The number of para-hydroxylation sites is 8. The summed E-state index contributed by atoms with van der Waals surface area (Å²) in [5.74, 6) is 0. The van der Waals surface area contributed by atoms with Gasteiger partial charge in [-0.3, -0.25) is 0 Å². The first-order valence-electron chi connectivity index (χ1n) is 33.5. The van der Waals surface area contributed by atoms with Crippen molar-refractivity contribution in [3.05, 3.63) is 335 Å². The highest BCUT2D eigenvalue weighted by molar-refractivity contribution is 6.30. The number of hydrogen-bond acceptors (Lipinski definition) is 4. The zero-order chi connectivity index (χ0) is 65.2. The lowest BCUT2D eigenvalue weighted by molar-refractivity contribution is 1.15. The highest BCUT2D eigenvalue weighted by Gasteiger charge is 2.28. The monoisotopic (exact) mass is 1230 g/mol. The standard InChI is InChI=1S/C46H40N2.C45H38N2/c1-6-34-29-42(48(37-21-11-8-12-22-37)46-32(4)17-14-18-33(46)5)40-25-23-35-24-28-41(39-27-26-38(34)44(40)43(35)39)47(36-19-9-7-10-20-36)45-30(2)15-13-16-31(45)3;1-29-14-6-10-18-38(29)46(39-19-11-7-15-30(39)2)42-27-23-34-22-24-37-43(28-33(5)35-25-26-36(42)44(34)45(35)37)47(40-20-12-8-16-31(40)3)41-21-13-9-17-32(41)4/h7-29H,6H2,1-5H3;6-28H,1-5H3. The quantitative estimate of drug-likeness (QED) is 0.107. The molecule has 0 N–H and O–H groups in total. The molecule has 0 saturated carbocycles. The van der Waals surface area contributed by atoms with E-state index in [1.807, 2.05) is 0 Å². The fourth-order valence-corrected chi connectivity index (χ4v) is 15.3. The predicted octanol–water partition coefficient (Wildman–Crippen LogP) is 26.4. The Bertz CT molecular complexity index is 5420. The lowest BCUT2D eigenvalue weighted by Gasteiger charge is -2.32. The fraction of sp³-hybridized carbons (Fsp3) is 0.121. The number of hydrogen-bond donors (Lipinski definition) is 0. The third-order valence-electron chi connectivity index (χ3n) is 19.9. The van der Waals surface area contributed by atoms with Gasteiger partial charge in [0.05, 0.1) is 34.1 Å². The molecule has 95 heavy (non-hydrogen) atoms. The largest absolute Gasteiger partial charge is 0.309 e. The second kappa shape index (κ2) is 24.7. The summed E-state index contributed by atoms with van der Waals surface area (Å²) in [5, 5.41) is 15.5. The summed E-state index contributed by atoms with van der Waals surface area (Å²) >= 11 is 0. The molecule has 0 aromatic heterocycles. The lowest BCUT2D eigenvalue weighted by atomic mass is 9.88. The highest BCUT2D eigenvalue weighted by atomic mass is 15.2. The van der Waals surface area contributed by atoms with Gasteiger partial charge >= 0.3 is 0 Å². The summed E-state index contributed by atoms with van der Waals surface area (Å²) in [6.07, 6.45) is 0.946. The van der Waals surface area contributed by atoms with Gasteiger partial charge < -0.3 is 19.6 Å². The van der Waals surface area contributed by atoms with Crippen LogP contribution < -0.4 is 19.6 Å². The molecule has 16 aromatic rings. The van der Waals surface area contributed by atoms with Crippen molar-refractivity contribution in [2.24, 2.45) is 0 Å². The molecule has 462 valence electrons. The average molecular weight is 1230 g/mol. The molecule has 0 spiro atoms. The van der Waals surface area contributed by atoms with Crippen LogP contribution in [0.4, 0.5) is 68.2 Å². The fourth-order valence-electron chi connectivity index (χ4n) is 15.3. The summed E-state index contributed by atoms with van der Waals surface area (Å²) in [6, 6.07) is 103. The van der Waals surface area contributed by atoms with Gasteiger partial charge in [0.2, 0.25) is 0 Å². The minimum absolute atomic E-state index is 0.946. The Morgan fingerprint density at radius 1 is 0.211 bits per heavy atom. The van der Waals surface area contributed by atoms with Crippen LogP contribution in [0.25, 0.3) is 64.6 Å². The molecule has 0 radical (unpaired) electrons. The molecule has 0 aliphatic rings. The predicted molar refractivity (Wildman–Crippen MR) is 411 cm³/mol. The van der Waals surface area contributed by atoms with E-state index in [-0.39, 0.29) is 0 Å². The maximum atomic E-state index is 2.49. The van der Waals surface area contributed by atoms with E-state index in [0.717, 1.165) is 17.8 Å². The third kappa shape index (κ3) is 10.3. The molecule has 0 aliphatic carbocycles. The maximum absolute atomic E-state index is 2.49. The second-order valence-corrected chi connectivity index (χ2v) is 25.9. The smallest absolute Gasteiger partial charge is 0.0543 e. The Morgan fingerprint density at radius 3 is 0.937 bits per heavy atom. The Balaban J connectivity index is 0.000000156. The lowest BCUT2D eigenvalue weighted by Crippen LogP contribution is -2.14. The van der Waals surface area contributed by atoms with E-state index >= 15 is 0 Å². The number of benzene rings is 16. The highest BCUT2D eigenvalue weighted by Crippen LogP contribution is 2.53. The normalized spacial score (nSPS) is 11.5. The molecule has 16 aromatic carbocycles. The summed E-state index contributed by atoms with van der Waals surface area (Å²) in [5.41, 5.74) is 27.0. The van der Waals surface area contributed by atoms with Gasteiger partial charge in [-0.05, 0) is 240 Å². The van der Waals surface area contributed by atoms with Gasteiger partial charge in [-0.15, -0.1) is 0 Å². The summed E-state index contributed by atoms with van der Waals surface area (Å²) < 4.78 is 0. The van der Waals surface area contributed by atoms with Crippen molar-refractivity contribution in [1.82, 2.24) is 0 Å². The van der Waals surface area contributed by atoms with Gasteiger partial charge in [0.25, 0.3) is 0 Å². The van der Waals surface area contributed by atoms with Gasteiger partial charge in [-0.1, -0.05) is 213 Å². The van der Waals surface area contributed by atoms with Crippen LogP contribution in [0.2, 0.25) is 0 Å². The molecule has 0 unspecified atom stereocenters.